The zero-order chi connectivity index (χ0) is 21.8. The second-order valence-electron chi connectivity index (χ2n) is 7.17. The Hall–Kier alpha value is -3.47. The number of anilines is 1. The summed E-state index contributed by atoms with van der Waals surface area (Å²) in [5.41, 5.74) is 8.89. The van der Waals surface area contributed by atoms with Crippen LogP contribution in [0.15, 0.2) is 58.7 Å². The van der Waals surface area contributed by atoms with Gasteiger partial charge in [0.15, 0.2) is 0 Å². The Balaban J connectivity index is 1.53. The minimum absolute atomic E-state index is 0.0809. The predicted molar refractivity (Wildman–Crippen MR) is 115 cm³/mol. The van der Waals surface area contributed by atoms with Crippen LogP contribution < -0.4 is 16.2 Å². The highest BCUT2D eigenvalue weighted by atomic mass is 19.1. The van der Waals surface area contributed by atoms with E-state index in [0.717, 1.165) is 37.9 Å². The molecule has 1 atom stereocenters. The summed E-state index contributed by atoms with van der Waals surface area (Å²) in [6, 6.07) is 9.92. The van der Waals surface area contributed by atoms with Crippen LogP contribution in [0.5, 0.6) is 0 Å². The van der Waals surface area contributed by atoms with Gasteiger partial charge in [-0.2, -0.15) is 5.11 Å². The lowest BCUT2D eigenvalue weighted by Crippen LogP contribution is -2.45. The third-order valence-corrected chi connectivity index (χ3v) is 5.14. The molecule has 1 saturated heterocycles. The number of nitrogens with one attached hydrogen (secondary N) is 4. The van der Waals surface area contributed by atoms with Crippen LogP contribution in [-0.4, -0.2) is 46.2 Å². The summed E-state index contributed by atoms with van der Waals surface area (Å²) in [6.07, 6.45) is 1.78. The van der Waals surface area contributed by atoms with Gasteiger partial charge in [-0.05, 0) is 29.8 Å². The van der Waals surface area contributed by atoms with Crippen molar-refractivity contribution in [1.82, 2.24) is 20.2 Å². The van der Waals surface area contributed by atoms with Gasteiger partial charge in [-0.15, -0.1) is 0 Å². The fraction of sp³-hybridized carbons (Fsp3) is 0.238. The smallest absolute Gasteiger partial charge is 0.259 e. The molecule has 4 rings (SSSR count). The van der Waals surface area contributed by atoms with E-state index in [2.05, 4.69) is 25.7 Å². The number of aromatic amines is 1. The van der Waals surface area contributed by atoms with Crippen molar-refractivity contribution in [1.29, 1.82) is 5.53 Å². The molecule has 1 aliphatic rings. The number of piperazine rings is 1. The number of H-pyrrole nitrogens is 1. The Morgan fingerprint density at radius 3 is 2.74 bits per heavy atom. The van der Waals surface area contributed by atoms with Gasteiger partial charge in [0, 0.05) is 43.5 Å². The number of halogens is 1. The number of aromatic nitrogens is 2. The Morgan fingerprint density at radius 1 is 1.29 bits per heavy atom. The van der Waals surface area contributed by atoms with Gasteiger partial charge in [-0.25, -0.2) is 14.9 Å². The quantitative estimate of drug-likeness (QED) is 0.387. The molecule has 0 aliphatic carbocycles. The van der Waals surface area contributed by atoms with Crippen molar-refractivity contribution in [2.45, 2.75) is 6.23 Å². The molecule has 5 N–H and O–H groups in total. The molecule has 2 aromatic heterocycles. The molecule has 1 unspecified atom stereocenters. The Bertz CT molecular complexity index is 1170. The Kier molecular flexibility index (Phi) is 6.12. The van der Waals surface area contributed by atoms with Crippen molar-refractivity contribution in [2.24, 2.45) is 5.11 Å². The zero-order valence-electron chi connectivity index (χ0n) is 16.6. The molecule has 0 amide bonds. The summed E-state index contributed by atoms with van der Waals surface area (Å²) in [5.74, 6) is -0.528. The van der Waals surface area contributed by atoms with Gasteiger partial charge in [0.05, 0.1) is 11.8 Å². The lowest BCUT2D eigenvalue weighted by molar-refractivity contribution is -0.00544. The van der Waals surface area contributed by atoms with Crippen molar-refractivity contribution in [3.63, 3.8) is 0 Å². The average molecular weight is 423 g/mol. The van der Waals surface area contributed by atoms with Gasteiger partial charge in [0.25, 0.3) is 5.56 Å². The van der Waals surface area contributed by atoms with Crippen LogP contribution in [0.3, 0.4) is 0 Å². The van der Waals surface area contributed by atoms with E-state index in [1.54, 1.807) is 12.1 Å². The fourth-order valence-electron chi connectivity index (χ4n) is 3.47. The third kappa shape index (κ3) is 4.66. The number of aliphatic hydroxyl groups excluding tert-OH is 1. The first kappa shape index (κ1) is 20.8. The monoisotopic (exact) mass is 423 g/mol. The molecule has 160 valence electrons. The molecular formula is C21H22FN7O2. The van der Waals surface area contributed by atoms with Crippen LogP contribution in [-0.2, 0) is 0 Å². The second-order valence-corrected chi connectivity index (χ2v) is 7.17. The summed E-state index contributed by atoms with van der Waals surface area (Å²) in [5, 5.41) is 20.6. The highest BCUT2D eigenvalue weighted by molar-refractivity contribution is 5.79. The number of nitrogens with zero attached hydrogens (tertiary/aromatic N) is 3. The maximum absolute atomic E-state index is 13.5. The molecule has 3 aromatic rings. The summed E-state index contributed by atoms with van der Waals surface area (Å²) < 4.78 is 13.5. The minimum atomic E-state index is -0.671. The lowest BCUT2D eigenvalue weighted by Gasteiger charge is -2.31. The number of aliphatic hydroxyl groups is 1. The molecule has 0 radical (unpaired) electrons. The van der Waals surface area contributed by atoms with Crippen molar-refractivity contribution in [2.75, 3.05) is 31.5 Å². The van der Waals surface area contributed by atoms with E-state index in [1.165, 1.54) is 18.3 Å². The molecule has 1 aromatic carbocycles. The van der Waals surface area contributed by atoms with E-state index in [4.69, 9.17) is 5.53 Å². The van der Waals surface area contributed by atoms with E-state index in [9.17, 15) is 14.3 Å². The van der Waals surface area contributed by atoms with Crippen LogP contribution in [0.25, 0.3) is 16.7 Å². The zero-order valence-corrected chi connectivity index (χ0v) is 16.6. The largest absolute Gasteiger partial charge is 0.374 e. The molecule has 9 nitrogen and oxygen atoms in total. The predicted octanol–water partition coefficient (Wildman–Crippen LogP) is 2.40. The van der Waals surface area contributed by atoms with E-state index in [0.29, 0.717) is 11.1 Å². The number of hydrogen-bond donors (Lipinski definition) is 5. The van der Waals surface area contributed by atoms with Gasteiger partial charge in [0.2, 0.25) is 0 Å². The summed E-state index contributed by atoms with van der Waals surface area (Å²) in [7, 11) is 0. The third-order valence-electron chi connectivity index (χ3n) is 5.14. The van der Waals surface area contributed by atoms with Crippen molar-refractivity contribution in [3.8, 4) is 0 Å². The van der Waals surface area contributed by atoms with Gasteiger partial charge in [0.1, 0.15) is 23.4 Å². The van der Waals surface area contributed by atoms with Gasteiger partial charge >= 0.3 is 0 Å². The Labute approximate surface area is 177 Å². The summed E-state index contributed by atoms with van der Waals surface area (Å²) >= 11 is 0. The van der Waals surface area contributed by atoms with Gasteiger partial charge in [-0.3, -0.25) is 9.69 Å². The second kappa shape index (κ2) is 9.13. The van der Waals surface area contributed by atoms with Crippen LogP contribution in [0, 0.1) is 11.3 Å². The lowest BCUT2D eigenvalue weighted by atomic mass is 10.1. The molecule has 0 bridgehead atoms. The number of benzene rings is 1. The summed E-state index contributed by atoms with van der Waals surface area (Å²) in [6.45, 7) is 3.24. The van der Waals surface area contributed by atoms with E-state index in [1.807, 2.05) is 17.0 Å². The highest BCUT2D eigenvalue weighted by Gasteiger charge is 2.19. The molecule has 10 heteroatoms. The molecule has 1 fully saturated rings. The first-order valence-electron chi connectivity index (χ1n) is 9.81. The summed E-state index contributed by atoms with van der Waals surface area (Å²) in [4.78, 5) is 20.8. The molecule has 1 aliphatic heterocycles. The van der Waals surface area contributed by atoms with Crippen LogP contribution in [0.2, 0.25) is 0 Å². The fourth-order valence-corrected chi connectivity index (χ4v) is 3.47. The van der Waals surface area contributed by atoms with Gasteiger partial charge in [-0.1, -0.05) is 12.1 Å². The van der Waals surface area contributed by atoms with Crippen LogP contribution in [0.4, 0.5) is 10.1 Å². The van der Waals surface area contributed by atoms with E-state index in [-0.39, 0.29) is 16.9 Å². The molecule has 31 heavy (non-hydrogen) atoms. The number of pyridine rings is 2. The maximum atomic E-state index is 13.5. The normalized spacial score (nSPS) is 16.3. The van der Waals surface area contributed by atoms with Crippen molar-refractivity contribution in [3.05, 3.63) is 76.1 Å². The van der Waals surface area contributed by atoms with Gasteiger partial charge < -0.3 is 20.7 Å². The van der Waals surface area contributed by atoms with Crippen molar-refractivity contribution >= 4 is 22.4 Å². The van der Waals surface area contributed by atoms with Crippen LogP contribution in [0.1, 0.15) is 17.4 Å². The highest BCUT2D eigenvalue weighted by Crippen LogP contribution is 2.21. The first-order valence-corrected chi connectivity index (χ1v) is 9.81. The molecule has 3 heterocycles. The van der Waals surface area contributed by atoms with Crippen LogP contribution >= 0.6 is 0 Å². The Morgan fingerprint density at radius 2 is 2.03 bits per heavy atom. The van der Waals surface area contributed by atoms with E-state index < -0.39 is 17.6 Å². The van der Waals surface area contributed by atoms with E-state index >= 15 is 0 Å². The minimum Gasteiger partial charge on any atom is -0.374 e. The number of fused-ring (bicyclic) bond motifs is 1. The average Bonchev–Trinajstić information content (AvgIpc) is 2.80. The standard InChI is InChI=1S/C21H22FN7O2/c22-15-9-14-10-17(20(30)27-19(14)26-11-15)18(28-23)12-25-16-3-1-13(2-4-16)21(31)29-7-5-24-6-8-29/h1-4,9-12,21,23-25,31H,5-8H2,(H,26,27,30)/b18-12-,28-23?. The SMILES string of the molecule is N=N/C(=C\Nc1ccc(C(O)N2CCNCC2)cc1)c1cc2cc(F)cnc2[nH]c1=O. The molecule has 0 saturated carbocycles. The number of hydrogen-bond acceptors (Lipinski definition) is 8. The maximum Gasteiger partial charge on any atom is 0.259 e. The first-order chi connectivity index (χ1) is 15.0. The number of rotatable bonds is 6. The van der Waals surface area contributed by atoms with Crippen molar-refractivity contribution < 1.29 is 9.50 Å². The molecular weight excluding hydrogens is 401 g/mol. The topological polar surface area (TPSA) is 129 Å². The molecule has 0 spiro atoms.